The maximum Gasteiger partial charge on any atom is 0.343 e. The first-order valence-corrected chi connectivity index (χ1v) is 21.1. The average Bonchev–Trinajstić information content (AvgIpc) is 3.86. The Hall–Kier alpha value is -4.19. The summed E-state index contributed by atoms with van der Waals surface area (Å²) in [4.78, 5) is 19.5. The van der Waals surface area contributed by atoms with Crippen LogP contribution in [-0.4, -0.2) is 39.1 Å². The number of ketones is 1. The Morgan fingerprint density at radius 1 is 0.860 bits per heavy atom. The molecule has 7 rings (SSSR count). The van der Waals surface area contributed by atoms with Crippen molar-refractivity contribution in [2.45, 2.75) is 113 Å². The number of hydrogen-bond acceptors (Lipinski definition) is 4. The average molecular weight is 939 g/mol. The maximum atomic E-state index is 11.7. The van der Waals surface area contributed by atoms with E-state index >= 15 is 0 Å². The van der Waals surface area contributed by atoms with Crippen molar-refractivity contribution in [2.75, 3.05) is 7.05 Å². The van der Waals surface area contributed by atoms with Gasteiger partial charge in [-0.05, 0) is 108 Å². The fourth-order valence-electron chi connectivity index (χ4n) is 9.20. The van der Waals surface area contributed by atoms with E-state index in [2.05, 4.69) is 129 Å². The second kappa shape index (κ2) is 19.5. The number of nitrogens with zero attached hydrogens (tertiary/aromatic N) is 3. The fraction of sp³-hybridized carbons (Fsp3) is 0.400. The molecule has 5 aromatic rings. The number of benzene rings is 4. The van der Waals surface area contributed by atoms with Gasteiger partial charge in [-0.15, -0.1) is 29.1 Å². The van der Waals surface area contributed by atoms with E-state index in [-0.39, 0.29) is 50.3 Å². The summed E-state index contributed by atoms with van der Waals surface area (Å²) in [6.45, 7) is 17.0. The monoisotopic (exact) mass is 939 g/mol. The minimum Gasteiger partial charge on any atom is -0.512 e. The molecule has 7 heteroatoms. The van der Waals surface area contributed by atoms with Gasteiger partial charge >= 0.3 is 6.85 Å². The standard InChI is InChI=1S/C37H37BN3.C13H24O2.Ir/c1-24-12-10-13-25(2)34(24)38-36-33(20-21-40(38)5)39-37(41(36)35-26(3)14-11-15-27(35)4)30-22-29-18-8-9-19-31(29)32(23-30)28-16-6-7-17-28;1-5-10(6-2)12(14)9-13(15)11(7-3)8-4;/h8-15,18-21,23,28H,6-7,16-17H2,1-5H3;9-11,14H,5-8H2,1-4H3;/q-1;;/b;12-9-;. The number of carbonyl (C=O) groups excluding carboxylic acids is 1. The zero-order valence-corrected chi connectivity index (χ0v) is 38.0. The molecule has 2 aliphatic rings. The Balaban J connectivity index is 0.000000333. The summed E-state index contributed by atoms with van der Waals surface area (Å²) in [5, 5.41) is 12.3. The molecule has 1 aliphatic carbocycles. The van der Waals surface area contributed by atoms with Crippen LogP contribution >= 0.6 is 0 Å². The molecular formula is C50H61BIrN3O2-. The van der Waals surface area contributed by atoms with Crippen LogP contribution in [0.1, 0.15) is 118 Å². The molecule has 1 N–H and O–H groups in total. The van der Waals surface area contributed by atoms with Gasteiger partial charge in [-0.25, -0.2) is 0 Å². The van der Waals surface area contributed by atoms with Crippen LogP contribution in [0.2, 0.25) is 0 Å². The normalized spacial score (nSPS) is 14.3. The Morgan fingerprint density at radius 3 is 2.04 bits per heavy atom. The van der Waals surface area contributed by atoms with Gasteiger partial charge in [0.25, 0.3) is 0 Å². The van der Waals surface area contributed by atoms with Crippen LogP contribution in [0.5, 0.6) is 0 Å². The van der Waals surface area contributed by atoms with Gasteiger partial charge in [0.15, 0.2) is 5.78 Å². The molecule has 301 valence electrons. The number of hydrogen-bond donors (Lipinski definition) is 1. The van der Waals surface area contributed by atoms with Crippen LogP contribution in [0.15, 0.2) is 84.8 Å². The van der Waals surface area contributed by atoms with E-state index in [0.29, 0.717) is 5.92 Å². The molecule has 0 saturated heterocycles. The Morgan fingerprint density at radius 2 is 1.44 bits per heavy atom. The number of rotatable bonds is 11. The topological polar surface area (TPSA) is 58.4 Å². The summed E-state index contributed by atoms with van der Waals surface area (Å²) in [5.41, 5.74) is 12.5. The van der Waals surface area contributed by atoms with Gasteiger partial charge < -0.3 is 14.5 Å². The molecule has 1 aromatic heterocycles. The first-order chi connectivity index (χ1) is 27.0. The Labute approximate surface area is 356 Å². The smallest absolute Gasteiger partial charge is 0.343 e. The zero-order chi connectivity index (χ0) is 40.1. The van der Waals surface area contributed by atoms with E-state index in [1.54, 1.807) is 0 Å². The molecular weight excluding hydrogens is 878 g/mol. The van der Waals surface area contributed by atoms with Crippen molar-refractivity contribution in [1.29, 1.82) is 0 Å². The minimum absolute atomic E-state index is 0. The second-order valence-corrected chi connectivity index (χ2v) is 16.1. The summed E-state index contributed by atoms with van der Waals surface area (Å²) >= 11 is 0. The summed E-state index contributed by atoms with van der Waals surface area (Å²) < 4.78 is 2.47. The van der Waals surface area contributed by atoms with Gasteiger partial charge in [-0.2, -0.15) is 0 Å². The van der Waals surface area contributed by atoms with Crippen molar-refractivity contribution in [2.24, 2.45) is 11.8 Å². The molecule has 4 aromatic carbocycles. The van der Waals surface area contributed by atoms with Crippen molar-refractivity contribution in [3.63, 3.8) is 0 Å². The van der Waals surface area contributed by atoms with Crippen LogP contribution in [0, 0.1) is 45.6 Å². The molecule has 0 unspecified atom stereocenters. The number of aliphatic hydroxyl groups excluding tert-OH is 1. The van der Waals surface area contributed by atoms with Crippen LogP contribution in [0.25, 0.3) is 33.9 Å². The Kier molecular flexibility index (Phi) is 15.0. The molecule has 2 heterocycles. The van der Waals surface area contributed by atoms with E-state index in [4.69, 9.17) is 4.98 Å². The van der Waals surface area contributed by atoms with E-state index < -0.39 is 0 Å². The molecule has 1 radical (unpaired) electrons. The number of allylic oxidation sites excluding steroid dienone is 2. The number of aliphatic hydroxyl groups is 1. The predicted octanol–water partition coefficient (Wildman–Crippen LogP) is 11.3. The number of aromatic nitrogens is 2. The van der Waals surface area contributed by atoms with E-state index in [1.807, 2.05) is 27.7 Å². The molecule has 0 bridgehead atoms. The van der Waals surface area contributed by atoms with Crippen LogP contribution in [0.4, 0.5) is 0 Å². The largest absolute Gasteiger partial charge is 0.512 e. The third kappa shape index (κ3) is 9.11. The number of fused-ring (bicyclic) bond motifs is 2. The first-order valence-electron chi connectivity index (χ1n) is 21.1. The van der Waals surface area contributed by atoms with Crippen molar-refractivity contribution >= 4 is 40.5 Å². The van der Waals surface area contributed by atoms with Gasteiger partial charge in [0.1, 0.15) is 0 Å². The van der Waals surface area contributed by atoms with Gasteiger partial charge in [-0.3, -0.25) is 9.78 Å². The van der Waals surface area contributed by atoms with E-state index in [9.17, 15) is 9.90 Å². The van der Waals surface area contributed by atoms with Gasteiger partial charge in [0.05, 0.1) is 17.3 Å². The van der Waals surface area contributed by atoms with Crippen molar-refractivity contribution in [1.82, 2.24) is 14.4 Å². The number of carbonyl (C=O) groups is 1. The molecule has 1 fully saturated rings. The number of para-hydroxylation sites is 1. The number of aryl methyl sites for hydroxylation is 4. The third-order valence-electron chi connectivity index (χ3n) is 12.5. The molecule has 57 heavy (non-hydrogen) atoms. The summed E-state index contributed by atoms with van der Waals surface area (Å²) in [6.07, 6.45) is 14.4. The summed E-state index contributed by atoms with van der Waals surface area (Å²) in [5.74, 6) is 2.12. The van der Waals surface area contributed by atoms with Crippen molar-refractivity contribution in [3.05, 3.63) is 124 Å². The molecule has 1 saturated carbocycles. The molecule has 0 spiro atoms. The zero-order valence-electron chi connectivity index (χ0n) is 35.6. The molecule has 0 atom stereocenters. The van der Waals surface area contributed by atoms with Crippen LogP contribution in [-0.2, 0) is 24.9 Å². The van der Waals surface area contributed by atoms with Crippen molar-refractivity contribution in [3.8, 4) is 17.1 Å². The summed E-state index contributed by atoms with van der Waals surface area (Å²) in [6, 6.07) is 28.3. The third-order valence-corrected chi connectivity index (χ3v) is 12.5. The fourth-order valence-corrected chi connectivity index (χ4v) is 9.20. The van der Waals surface area contributed by atoms with E-state index in [0.717, 1.165) is 42.8 Å². The van der Waals surface area contributed by atoms with Gasteiger partial charge in [0.2, 0.25) is 0 Å². The van der Waals surface area contributed by atoms with Crippen molar-refractivity contribution < 1.29 is 30.0 Å². The minimum atomic E-state index is 0. The predicted molar refractivity (Wildman–Crippen MR) is 238 cm³/mol. The molecule has 5 nitrogen and oxygen atoms in total. The Bertz CT molecular complexity index is 2200. The summed E-state index contributed by atoms with van der Waals surface area (Å²) in [7, 11) is 2.19. The maximum absolute atomic E-state index is 11.7. The van der Waals surface area contributed by atoms with Gasteiger partial charge in [0, 0.05) is 49.3 Å². The quantitative estimate of drug-likeness (QED) is 0.0620. The van der Waals surface area contributed by atoms with Crippen LogP contribution in [0.3, 0.4) is 0 Å². The second-order valence-electron chi connectivity index (χ2n) is 16.1. The van der Waals surface area contributed by atoms with Gasteiger partial charge in [-0.1, -0.05) is 117 Å². The molecule has 0 amide bonds. The molecule has 1 aliphatic heterocycles. The van der Waals surface area contributed by atoms with E-state index in [1.165, 1.54) is 87.1 Å². The van der Waals surface area contributed by atoms with Crippen LogP contribution < -0.4 is 11.1 Å². The first kappa shape index (κ1) is 43.9. The SMILES string of the molecule is CCC(CC)C(=O)/C=C(\O)C(CC)CC.Cc1cccc(C)c1B1c2c(nc(-c3[c-]c4ccccc4c(C4CCCC4)c3)n2-c2c(C)cccc2C)C=CN1C.[Ir]. The number of imidazole rings is 1.